The summed E-state index contributed by atoms with van der Waals surface area (Å²) >= 11 is -2.32. The summed E-state index contributed by atoms with van der Waals surface area (Å²) in [4.78, 5) is 9.75. The Bertz CT molecular complexity index is 3360. The van der Waals surface area contributed by atoms with Crippen molar-refractivity contribution in [3.05, 3.63) is 167 Å². The zero-order chi connectivity index (χ0) is 50.9. The molecule has 0 atom stereocenters. The Labute approximate surface area is 407 Å². The Balaban J connectivity index is 0.000000236. The van der Waals surface area contributed by atoms with Gasteiger partial charge in [-0.3, -0.25) is 4.98 Å². The molecule has 329 valence electrons. The van der Waals surface area contributed by atoms with Gasteiger partial charge in [0.15, 0.2) is 0 Å². The van der Waals surface area contributed by atoms with E-state index in [0.29, 0.717) is 22.6 Å². The topological polar surface area (TPSA) is 43.9 Å². The smallest absolute Gasteiger partial charge is 0 e. The quantitative estimate of drug-likeness (QED) is 0.107. The number of pyridine rings is 1. The van der Waals surface area contributed by atoms with Crippen LogP contribution in [0.2, 0.25) is 17.3 Å². The van der Waals surface area contributed by atoms with Crippen LogP contribution in [0.15, 0.2) is 126 Å². The van der Waals surface area contributed by atoms with Gasteiger partial charge in [-0.15, -0.1) is 17.7 Å². The van der Waals surface area contributed by atoms with Crippen molar-refractivity contribution in [3.63, 3.8) is 0 Å². The number of hydrogen-bond donors (Lipinski definition) is 0. The molecule has 0 aliphatic rings. The Morgan fingerprint density at radius 1 is 0.781 bits per heavy atom. The van der Waals surface area contributed by atoms with Crippen LogP contribution >= 0.6 is 0 Å². The van der Waals surface area contributed by atoms with E-state index in [1.807, 2.05) is 96.3 Å². The Hall–Kier alpha value is -5.07. The van der Waals surface area contributed by atoms with Crippen LogP contribution in [0, 0.1) is 38.8 Å². The number of furan rings is 1. The van der Waals surface area contributed by atoms with E-state index in [2.05, 4.69) is 101 Å². The van der Waals surface area contributed by atoms with Crippen molar-refractivity contribution in [1.82, 2.24) is 14.5 Å². The van der Waals surface area contributed by atoms with Gasteiger partial charge in [-0.1, -0.05) is 100 Å². The second-order valence-corrected chi connectivity index (χ2v) is 28.9. The second kappa shape index (κ2) is 19.2. The van der Waals surface area contributed by atoms with Crippen molar-refractivity contribution in [2.45, 2.75) is 97.7 Å². The minimum absolute atomic E-state index is 0. The molecule has 64 heavy (non-hydrogen) atoms. The molecule has 0 spiro atoms. The number of hydrogen-bond acceptors (Lipinski definition) is 3. The normalized spacial score (nSPS) is 14.2. The first kappa shape index (κ1) is 38.2. The van der Waals surface area contributed by atoms with E-state index in [1.165, 1.54) is 6.07 Å². The largest absolute Gasteiger partial charge is 0 e. The first-order valence-electron chi connectivity index (χ1n) is 25.3. The Morgan fingerprint density at radius 2 is 1.47 bits per heavy atom. The fourth-order valence-electron chi connectivity index (χ4n) is 8.33. The molecular weight excluding hydrogens is 1020 g/mol. The fourth-order valence-corrected chi connectivity index (χ4v) is 11.3. The Kier molecular flexibility index (Phi) is 11.5. The molecule has 0 unspecified atom stereocenters. The first-order valence-corrected chi connectivity index (χ1v) is 29.1. The molecule has 3 aromatic heterocycles. The van der Waals surface area contributed by atoms with Gasteiger partial charge >= 0.3 is 139 Å². The van der Waals surface area contributed by atoms with Gasteiger partial charge in [0.1, 0.15) is 5.58 Å². The molecule has 0 fully saturated rings. The zero-order valence-corrected chi connectivity index (χ0v) is 43.2. The molecule has 9 aromatic rings. The van der Waals surface area contributed by atoms with Gasteiger partial charge in [-0.05, 0) is 76.9 Å². The van der Waals surface area contributed by atoms with Crippen molar-refractivity contribution in [3.8, 4) is 39.5 Å². The van der Waals surface area contributed by atoms with E-state index in [0.717, 1.165) is 82.0 Å². The summed E-state index contributed by atoms with van der Waals surface area (Å²) in [7, 11) is 0. The molecule has 1 radical (unpaired) electrons. The first-order chi connectivity index (χ1) is 32.7. The van der Waals surface area contributed by atoms with E-state index in [9.17, 15) is 2.74 Å². The third-order valence-electron chi connectivity index (χ3n) is 11.4. The zero-order valence-electron chi connectivity index (χ0n) is 45.7. The molecule has 6 aromatic carbocycles. The molecule has 0 amide bonds. The average Bonchev–Trinajstić information content (AvgIpc) is 3.87. The van der Waals surface area contributed by atoms with Gasteiger partial charge in [0.25, 0.3) is 0 Å². The molecular formula is C58H61GeIrN3O-2. The number of imidazole rings is 1. The maximum Gasteiger partial charge on any atom is 0 e. The van der Waals surface area contributed by atoms with Gasteiger partial charge in [0.05, 0.1) is 22.4 Å². The minimum atomic E-state index is -2.32. The van der Waals surface area contributed by atoms with Crippen LogP contribution in [0.5, 0.6) is 0 Å². The standard InChI is InChI=1S/C39H35N2O.C19H26GeN.Ir/c1-23(2)31-21-28(27-12-8-7-9-13-27)22-32(24(3)4)37(31)41-34-15-11-10-14-33(34)40-39(41)30-19-17-26(6)36-29-18-16-25(5)20-35(29)42-38(30)36;1-14(2)11-17-12-19(16-9-7-15(3)8-10-16)21-13-18(17)20(4,5)6;/h7-18,20-24H,1-6H3;7-9,12-14H,11H2,1-6H3;/q2*-1;/i23D,24D;3D3,11D2;. The van der Waals surface area contributed by atoms with Gasteiger partial charge in [-0.2, -0.15) is 0 Å². The van der Waals surface area contributed by atoms with Gasteiger partial charge < -0.3 is 8.98 Å². The molecule has 0 aliphatic carbocycles. The monoisotopic (exact) mass is 1090 g/mol. The predicted molar refractivity (Wildman–Crippen MR) is 270 cm³/mol. The van der Waals surface area contributed by atoms with E-state index in [4.69, 9.17) is 16.3 Å². The number of rotatable bonds is 9. The summed E-state index contributed by atoms with van der Waals surface area (Å²) < 4.78 is 68.2. The molecule has 4 nitrogen and oxygen atoms in total. The maximum atomic E-state index is 9.39. The number of benzene rings is 6. The summed E-state index contributed by atoms with van der Waals surface area (Å²) in [5.74, 6) is 5.24. The van der Waals surface area contributed by atoms with Crippen molar-refractivity contribution in [2.75, 3.05) is 0 Å². The molecule has 3 heterocycles. The van der Waals surface area contributed by atoms with E-state index in [1.54, 1.807) is 12.1 Å². The van der Waals surface area contributed by atoms with Gasteiger partial charge in [0.2, 0.25) is 0 Å². The number of aromatic nitrogens is 3. The molecule has 0 N–H and O–H groups in total. The van der Waals surface area contributed by atoms with Gasteiger partial charge in [0, 0.05) is 33.9 Å². The fraction of sp³-hybridized carbons (Fsp3) is 0.276. The molecule has 9 rings (SSSR count). The summed E-state index contributed by atoms with van der Waals surface area (Å²) in [5.41, 5.74) is 13.0. The van der Waals surface area contributed by atoms with Crippen LogP contribution in [0.4, 0.5) is 0 Å². The van der Waals surface area contributed by atoms with Crippen LogP contribution in [-0.4, -0.2) is 27.8 Å². The molecule has 0 saturated heterocycles. The Morgan fingerprint density at radius 3 is 2.11 bits per heavy atom. The van der Waals surface area contributed by atoms with Gasteiger partial charge in [-0.25, -0.2) is 0 Å². The van der Waals surface area contributed by atoms with Crippen LogP contribution in [-0.2, 0) is 26.5 Å². The van der Waals surface area contributed by atoms with Crippen molar-refractivity contribution >= 4 is 50.6 Å². The molecule has 0 aliphatic heterocycles. The summed E-state index contributed by atoms with van der Waals surface area (Å²) in [6, 6.07) is 43.9. The van der Waals surface area contributed by atoms with Crippen LogP contribution in [0.25, 0.3) is 72.4 Å². The maximum absolute atomic E-state index is 9.39. The third-order valence-corrected chi connectivity index (χ3v) is 15.7. The van der Waals surface area contributed by atoms with Crippen LogP contribution in [0.3, 0.4) is 0 Å². The number of para-hydroxylation sites is 2. The van der Waals surface area contributed by atoms with E-state index >= 15 is 0 Å². The van der Waals surface area contributed by atoms with Crippen LogP contribution < -0.4 is 4.40 Å². The molecule has 0 bridgehead atoms. The summed E-state index contributed by atoms with van der Waals surface area (Å²) in [6.07, 6.45) is 0.362. The molecule has 0 saturated carbocycles. The third kappa shape index (κ3) is 9.50. The van der Waals surface area contributed by atoms with Crippen LogP contribution in [0.1, 0.15) is 96.3 Å². The van der Waals surface area contributed by atoms with E-state index in [-0.39, 0.29) is 31.6 Å². The number of nitrogens with zero attached hydrogens (tertiary/aromatic N) is 3. The predicted octanol–water partition coefficient (Wildman–Crippen LogP) is 15.5. The number of fused-ring (bicyclic) bond motifs is 4. The minimum Gasteiger partial charge on any atom is 0 e. The number of aryl methyl sites for hydroxylation is 3. The summed E-state index contributed by atoms with van der Waals surface area (Å²) in [6.45, 7) is 13.4. The van der Waals surface area contributed by atoms with Crippen molar-refractivity contribution in [2.24, 2.45) is 5.92 Å². The second-order valence-electron chi connectivity index (χ2n) is 18.4. The SMILES string of the molecule is [2H]C(C)(C)c1cc(-c2ccccc2)cc(C([2H])(C)C)c1-n1c(-c2[c-]cc(C)c3c2oc2cc(C)ccc23)nc2ccccc21.[2H]C([2H])([2H])c1c[c-]c(-c2cc(C([2H])([2H])C(C)C)[c]([Ge]([CH3])([CH3])[CH3])cn2)cc1.[Ir]. The summed E-state index contributed by atoms with van der Waals surface area (Å²) in [5, 5.41) is 2.11. The average molecular weight is 1090 g/mol. The van der Waals surface area contributed by atoms with Crippen molar-refractivity contribution in [1.29, 1.82) is 0 Å². The van der Waals surface area contributed by atoms with E-state index < -0.39 is 38.3 Å². The van der Waals surface area contributed by atoms with Crippen molar-refractivity contribution < 1.29 is 34.1 Å². The molecule has 6 heteroatoms.